The second-order valence-corrected chi connectivity index (χ2v) is 9.15. The first kappa shape index (κ1) is 25.3. The average molecular weight is 467 g/mol. The third-order valence-electron chi connectivity index (χ3n) is 6.10. The molecule has 1 aliphatic rings. The number of aliphatic carboxylic acids is 1. The van der Waals surface area contributed by atoms with Crippen LogP contribution in [0.5, 0.6) is 0 Å². The second kappa shape index (κ2) is 11.7. The molecule has 2 amide bonds. The molecule has 1 aliphatic carbocycles. The summed E-state index contributed by atoms with van der Waals surface area (Å²) in [7, 11) is 0. The van der Waals surface area contributed by atoms with E-state index in [4.69, 9.17) is 4.74 Å². The topological polar surface area (TPSA) is 95.9 Å². The lowest BCUT2D eigenvalue weighted by atomic mass is 9.98. The molecule has 0 saturated heterocycles. The number of carbonyl (C=O) groups excluding carboxylic acids is 2. The van der Waals surface area contributed by atoms with Crippen LogP contribution in [0.3, 0.4) is 0 Å². The summed E-state index contributed by atoms with van der Waals surface area (Å²) in [6.07, 6.45) is 1.09. The van der Waals surface area contributed by atoms with Gasteiger partial charge in [-0.2, -0.15) is 0 Å². The Bertz CT molecular complexity index is 974. The number of benzene rings is 2. The summed E-state index contributed by atoms with van der Waals surface area (Å²) in [6, 6.07) is 15.3. The Balaban J connectivity index is 1.70. The molecule has 0 bridgehead atoms. The van der Waals surface area contributed by atoms with Crippen LogP contribution in [0.25, 0.3) is 11.1 Å². The van der Waals surface area contributed by atoms with Crippen LogP contribution in [-0.2, 0) is 14.3 Å². The SMILES string of the molecule is CCCN(CC(=O)O)C(=O)C(CCC(C)C)NC(=O)OCC1c2ccccc2-c2ccccc21. The van der Waals surface area contributed by atoms with E-state index in [1.807, 2.05) is 57.2 Å². The molecule has 7 nitrogen and oxygen atoms in total. The number of carboxylic acids is 1. The molecule has 7 heteroatoms. The lowest BCUT2D eigenvalue weighted by molar-refractivity contribution is -0.145. The molecule has 1 atom stereocenters. The maximum absolute atomic E-state index is 13.1. The smallest absolute Gasteiger partial charge is 0.407 e. The van der Waals surface area contributed by atoms with Gasteiger partial charge in [0, 0.05) is 12.5 Å². The summed E-state index contributed by atoms with van der Waals surface area (Å²) >= 11 is 0. The van der Waals surface area contributed by atoms with Crippen molar-refractivity contribution in [1.29, 1.82) is 0 Å². The van der Waals surface area contributed by atoms with Gasteiger partial charge in [-0.25, -0.2) is 4.79 Å². The Labute approximate surface area is 201 Å². The van der Waals surface area contributed by atoms with Gasteiger partial charge < -0.3 is 20.1 Å². The van der Waals surface area contributed by atoms with E-state index in [0.717, 1.165) is 22.3 Å². The fraction of sp³-hybridized carbons (Fsp3) is 0.444. The maximum Gasteiger partial charge on any atom is 0.407 e. The maximum atomic E-state index is 13.1. The van der Waals surface area contributed by atoms with E-state index in [-0.39, 0.29) is 12.5 Å². The molecule has 2 aromatic rings. The van der Waals surface area contributed by atoms with E-state index < -0.39 is 30.6 Å². The largest absolute Gasteiger partial charge is 0.480 e. The molecule has 0 radical (unpaired) electrons. The van der Waals surface area contributed by atoms with Crippen molar-refractivity contribution in [3.05, 3.63) is 59.7 Å². The second-order valence-electron chi connectivity index (χ2n) is 9.15. The van der Waals surface area contributed by atoms with Gasteiger partial charge in [-0.05, 0) is 47.4 Å². The summed E-state index contributed by atoms with van der Waals surface area (Å²) in [4.78, 5) is 38.4. The van der Waals surface area contributed by atoms with Gasteiger partial charge in [0.05, 0.1) is 0 Å². The third kappa shape index (κ3) is 6.16. The number of hydrogen-bond acceptors (Lipinski definition) is 4. The van der Waals surface area contributed by atoms with Crippen molar-refractivity contribution >= 4 is 18.0 Å². The van der Waals surface area contributed by atoms with Crippen molar-refractivity contribution in [3.63, 3.8) is 0 Å². The molecule has 34 heavy (non-hydrogen) atoms. The number of hydrogen-bond donors (Lipinski definition) is 2. The number of fused-ring (bicyclic) bond motifs is 3. The number of carboxylic acid groups (broad SMARTS) is 1. The molecule has 1 unspecified atom stereocenters. The van der Waals surface area contributed by atoms with Gasteiger partial charge in [0.1, 0.15) is 19.2 Å². The Morgan fingerprint density at radius 1 is 1.00 bits per heavy atom. The van der Waals surface area contributed by atoms with Gasteiger partial charge in [-0.3, -0.25) is 9.59 Å². The van der Waals surface area contributed by atoms with Crippen LogP contribution in [0.1, 0.15) is 57.1 Å². The number of alkyl carbamates (subject to hydrolysis) is 1. The monoisotopic (exact) mass is 466 g/mol. The van der Waals surface area contributed by atoms with Crippen LogP contribution in [0, 0.1) is 5.92 Å². The predicted octanol–water partition coefficient (Wildman–Crippen LogP) is 4.65. The lowest BCUT2D eigenvalue weighted by Gasteiger charge is -2.27. The van der Waals surface area contributed by atoms with Gasteiger partial charge >= 0.3 is 12.1 Å². The number of rotatable bonds is 11. The van der Waals surface area contributed by atoms with Crippen molar-refractivity contribution in [3.8, 4) is 11.1 Å². The molecule has 0 spiro atoms. The number of nitrogens with one attached hydrogen (secondary N) is 1. The summed E-state index contributed by atoms with van der Waals surface area (Å²) in [5, 5.41) is 11.9. The van der Waals surface area contributed by atoms with E-state index in [1.54, 1.807) is 0 Å². The standard InChI is InChI=1S/C27H34N2O5/c1-4-15-29(16-25(30)31)26(32)24(14-13-18(2)3)28-27(33)34-17-23-21-11-7-5-9-19(21)20-10-6-8-12-22(20)23/h5-12,18,23-24H,4,13-17H2,1-3H3,(H,28,33)(H,30,31). The van der Waals surface area contributed by atoms with E-state index >= 15 is 0 Å². The summed E-state index contributed by atoms with van der Waals surface area (Å²) in [5.74, 6) is -1.21. The Kier molecular flexibility index (Phi) is 8.68. The van der Waals surface area contributed by atoms with Gasteiger partial charge in [-0.1, -0.05) is 69.3 Å². The molecule has 0 saturated carbocycles. The van der Waals surface area contributed by atoms with Crippen molar-refractivity contribution in [2.45, 2.75) is 52.0 Å². The Morgan fingerprint density at radius 2 is 1.59 bits per heavy atom. The van der Waals surface area contributed by atoms with Gasteiger partial charge in [-0.15, -0.1) is 0 Å². The molecule has 0 fully saturated rings. The molecule has 2 N–H and O–H groups in total. The minimum Gasteiger partial charge on any atom is -0.480 e. The first-order valence-electron chi connectivity index (χ1n) is 11.9. The first-order valence-corrected chi connectivity index (χ1v) is 11.9. The Hall–Kier alpha value is -3.35. The minimum absolute atomic E-state index is 0.0773. The van der Waals surface area contributed by atoms with Crippen molar-refractivity contribution in [1.82, 2.24) is 10.2 Å². The van der Waals surface area contributed by atoms with Crippen molar-refractivity contribution in [2.24, 2.45) is 5.92 Å². The quantitative estimate of drug-likeness (QED) is 0.502. The van der Waals surface area contributed by atoms with Crippen LogP contribution in [-0.4, -0.2) is 53.7 Å². The van der Waals surface area contributed by atoms with E-state index in [0.29, 0.717) is 31.7 Å². The zero-order chi connectivity index (χ0) is 24.7. The van der Waals surface area contributed by atoms with Crippen LogP contribution in [0.4, 0.5) is 4.79 Å². The highest BCUT2D eigenvalue weighted by atomic mass is 16.5. The average Bonchev–Trinajstić information content (AvgIpc) is 3.13. The first-order chi connectivity index (χ1) is 16.3. The van der Waals surface area contributed by atoms with Crippen LogP contribution in [0.15, 0.2) is 48.5 Å². The molecule has 182 valence electrons. The number of ether oxygens (including phenoxy) is 1. The summed E-state index contributed by atoms with van der Waals surface area (Å²) in [5.41, 5.74) is 4.50. The molecular formula is C27H34N2O5. The van der Waals surface area contributed by atoms with Crippen LogP contribution in [0.2, 0.25) is 0 Å². The normalized spacial score (nSPS) is 13.2. The van der Waals surface area contributed by atoms with Crippen LogP contribution >= 0.6 is 0 Å². The summed E-state index contributed by atoms with van der Waals surface area (Å²) < 4.78 is 5.61. The minimum atomic E-state index is -1.08. The highest BCUT2D eigenvalue weighted by Gasteiger charge is 2.31. The molecule has 0 aliphatic heterocycles. The van der Waals surface area contributed by atoms with E-state index in [1.165, 1.54) is 4.90 Å². The zero-order valence-corrected chi connectivity index (χ0v) is 20.1. The molecule has 0 heterocycles. The number of nitrogens with zero attached hydrogens (tertiary/aromatic N) is 1. The van der Waals surface area contributed by atoms with Gasteiger partial charge in [0.25, 0.3) is 0 Å². The van der Waals surface area contributed by atoms with Gasteiger partial charge in [0.2, 0.25) is 5.91 Å². The van der Waals surface area contributed by atoms with Crippen LogP contribution < -0.4 is 5.32 Å². The van der Waals surface area contributed by atoms with E-state index in [9.17, 15) is 19.5 Å². The molecular weight excluding hydrogens is 432 g/mol. The van der Waals surface area contributed by atoms with Crippen molar-refractivity contribution in [2.75, 3.05) is 19.7 Å². The molecule has 0 aromatic heterocycles. The zero-order valence-electron chi connectivity index (χ0n) is 20.1. The molecule has 2 aromatic carbocycles. The third-order valence-corrected chi connectivity index (χ3v) is 6.10. The fourth-order valence-corrected chi connectivity index (χ4v) is 4.46. The summed E-state index contributed by atoms with van der Waals surface area (Å²) in [6.45, 7) is 6.03. The number of carbonyl (C=O) groups is 3. The Morgan fingerprint density at radius 3 is 2.12 bits per heavy atom. The van der Waals surface area contributed by atoms with E-state index in [2.05, 4.69) is 17.4 Å². The predicted molar refractivity (Wildman–Crippen MR) is 131 cm³/mol. The fourth-order valence-electron chi connectivity index (χ4n) is 4.46. The number of amides is 2. The highest BCUT2D eigenvalue weighted by molar-refractivity contribution is 5.88. The highest BCUT2D eigenvalue weighted by Crippen LogP contribution is 2.44. The van der Waals surface area contributed by atoms with Gasteiger partial charge in [0.15, 0.2) is 0 Å². The molecule has 3 rings (SSSR count). The van der Waals surface area contributed by atoms with Crippen molar-refractivity contribution < 1.29 is 24.2 Å². The lowest BCUT2D eigenvalue weighted by Crippen LogP contribution is -2.50.